The number of carbonyl (C=O) groups is 1. The smallest absolute Gasteiger partial charge is 0.244 e. The average molecular weight is 332 g/mol. The van der Waals surface area contributed by atoms with E-state index in [1.165, 1.54) is 0 Å². The topological polar surface area (TPSA) is 61.8 Å². The van der Waals surface area contributed by atoms with Crippen LogP contribution in [0.3, 0.4) is 0 Å². The van der Waals surface area contributed by atoms with Gasteiger partial charge in [0, 0.05) is 31.3 Å². The van der Waals surface area contributed by atoms with Gasteiger partial charge in [-0.3, -0.25) is 4.79 Å². The number of rotatable bonds is 8. The summed E-state index contributed by atoms with van der Waals surface area (Å²) in [5.41, 5.74) is 0.904. The van der Waals surface area contributed by atoms with Gasteiger partial charge in [-0.15, -0.1) is 0 Å². The van der Waals surface area contributed by atoms with E-state index in [2.05, 4.69) is 10.2 Å². The first-order valence-corrected chi connectivity index (χ1v) is 8.77. The first-order chi connectivity index (χ1) is 11.7. The van der Waals surface area contributed by atoms with E-state index in [4.69, 9.17) is 4.74 Å². The van der Waals surface area contributed by atoms with E-state index in [1.807, 2.05) is 31.2 Å². The molecule has 2 N–H and O–H groups in total. The molecule has 1 amide bonds. The fraction of sp³-hybridized carbons (Fsp3) is 0.526. The Bertz CT molecular complexity index is 537. The molecule has 1 heterocycles. The Labute approximate surface area is 144 Å². The summed E-state index contributed by atoms with van der Waals surface area (Å²) in [6, 6.07) is 7.67. The van der Waals surface area contributed by atoms with Crippen LogP contribution in [0, 0.1) is 0 Å². The molecule has 1 aromatic rings. The van der Waals surface area contributed by atoms with Gasteiger partial charge in [0.05, 0.1) is 12.7 Å². The van der Waals surface area contributed by atoms with Crippen molar-refractivity contribution in [1.29, 1.82) is 0 Å². The molecule has 1 aliphatic rings. The van der Waals surface area contributed by atoms with Crippen LogP contribution in [-0.4, -0.2) is 54.8 Å². The summed E-state index contributed by atoms with van der Waals surface area (Å²) in [5.74, 6) is 0.701. The first-order valence-electron chi connectivity index (χ1n) is 8.77. The Morgan fingerprint density at radius 2 is 2.12 bits per heavy atom. The predicted molar refractivity (Wildman–Crippen MR) is 96.0 cm³/mol. The number of likely N-dealkylation sites (tertiary alicyclic amines) is 1. The number of ether oxygens (including phenoxy) is 1. The zero-order chi connectivity index (χ0) is 17.2. The largest absolute Gasteiger partial charge is 0.493 e. The van der Waals surface area contributed by atoms with Crippen molar-refractivity contribution in [2.45, 2.75) is 32.3 Å². The molecule has 0 atom stereocenters. The van der Waals surface area contributed by atoms with Gasteiger partial charge >= 0.3 is 0 Å². The number of hydrogen-bond acceptors (Lipinski definition) is 4. The van der Waals surface area contributed by atoms with E-state index in [1.54, 1.807) is 12.2 Å². The molecule has 0 aliphatic carbocycles. The Morgan fingerprint density at radius 1 is 1.38 bits per heavy atom. The maximum absolute atomic E-state index is 11.9. The highest BCUT2D eigenvalue weighted by Gasteiger charge is 2.15. The molecule has 1 fully saturated rings. The second-order valence-electron chi connectivity index (χ2n) is 6.02. The lowest BCUT2D eigenvalue weighted by Gasteiger charge is -2.29. The van der Waals surface area contributed by atoms with Crippen molar-refractivity contribution < 1.29 is 14.6 Å². The normalized spacial score (nSPS) is 16.4. The van der Waals surface area contributed by atoms with Crippen LogP contribution in [-0.2, 0) is 4.79 Å². The van der Waals surface area contributed by atoms with Gasteiger partial charge in [0.1, 0.15) is 5.75 Å². The molecule has 1 saturated heterocycles. The highest BCUT2D eigenvalue weighted by molar-refractivity contribution is 5.92. The molecular weight excluding hydrogens is 304 g/mol. The van der Waals surface area contributed by atoms with Crippen LogP contribution in [0.15, 0.2) is 30.3 Å². The number of carbonyl (C=O) groups excluding carboxylic acids is 1. The molecule has 1 aliphatic heterocycles. The highest BCUT2D eigenvalue weighted by atomic mass is 16.5. The molecular formula is C19H28N2O3. The standard InChI is InChI=1S/C19H28N2O3/c1-2-24-18-7-4-3-6-16(18)8-9-19(23)20-12-5-13-21-14-10-17(22)11-15-21/h3-4,6-9,17,22H,2,5,10-15H2,1H3,(H,20,23)/b9-8+. The molecule has 0 aromatic heterocycles. The predicted octanol–water partition coefficient (Wildman–Crippen LogP) is 2.06. The van der Waals surface area contributed by atoms with Crippen molar-refractivity contribution in [3.8, 4) is 5.75 Å². The Hall–Kier alpha value is -1.85. The van der Waals surface area contributed by atoms with Crippen LogP contribution >= 0.6 is 0 Å². The Kier molecular flexibility index (Phi) is 7.79. The minimum absolute atomic E-state index is 0.0876. The van der Waals surface area contributed by atoms with Gasteiger partial charge in [0.2, 0.25) is 5.91 Å². The molecule has 0 saturated carbocycles. The third kappa shape index (κ3) is 6.34. The zero-order valence-electron chi connectivity index (χ0n) is 14.4. The third-order valence-electron chi connectivity index (χ3n) is 4.14. The van der Waals surface area contributed by atoms with Crippen LogP contribution in [0.2, 0.25) is 0 Å². The minimum Gasteiger partial charge on any atom is -0.493 e. The van der Waals surface area contributed by atoms with E-state index in [-0.39, 0.29) is 12.0 Å². The molecule has 0 bridgehead atoms. The van der Waals surface area contributed by atoms with Gasteiger partial charge in [0.15, 0.2) is 0 Å². The van der Waals surface area contributed by atoms with Gasteiger partial charge in [0.25, 0.3) is 0 Å². The fourth-order valence-corrected chi connectivity index (χ4v) is 2.79. The second kappa shape index (κ2) is 10.1. The second-order valence-corrected chi connectivity index (χ2v) is 6.02. The summed E-state index contributed by atoms with van der Waals surface area (Å²) < 4.78 is 5.54. The number of benzene rings is 1. The fourth-order valence-electron chi connectivity index (χ4n) is 2.79. The number of aliphatic hydroxyl groups is 1. The molecule has 5 nitrogen and oxygen atoms in total. The number of hydrogen-bond donors (Lipinski definition) is 2. The van der Waals surface area contributed by atoms with Gasteiger partial charge < -0.3 is 20.1 Å². The molecule has 0 unspecified atom stereocenters. The van der Waals surface area contributed by atoms with Crippen molar-refractivity contribution in [2.24, 2.45) is 0 Å². The summed E-state index contributed by atoms with van der Waals surface area (Å²) in [6.07, 6.45) is 5.83. The van der Waals surface area contributed by atoms with Crippen molar-refractivity contribution in [1.82, 2.24) is 10.2 Å². The number of para-hydroxylation sites is 1. The summed E-state index contributed by atoms with van der Waals surface area (Å²) in [5, 5.41) is 12.4. The summed E-state index contributed by atoms with van der Waals surface area (Å²) in [7, 11) is 0. The minimum atomic E-state index is -0.134. The monoisotopic (exact) mass is 332 g/mol. The van der Waals surface area contributed by atoms with Crippen molar-refractivity contribution in [3.63, 3.8) is 0 Å². The van der Waals surface area contributed by atoms with E-state index in [0.29, 0.717) is 13.2 Å². The van der Waals surface area contributed by atoms with E-state index < -0.39 is 0 Å². The van der Waals surface area contributed by atoms with E-state index >= 15 is 0 Å². The summed E-state index contributed by atoms with van der Waals surface area (Å²) in [6.45, 7) is 6.06. The number of piperidine rings is 1. The van der Waals surface area contributed by atoms with Crippen LogP contribution in [0.1, 0.15) is 31.7 Å². The van der Waals surface area contributed by atoms with Crippen LogP contribution in [0.5, 0.6) is 5.75 Å². The van der Waals surface area contributed by atoms with Gasteiger partial charge in [-0.1, -0.05) is 18.2 Å². The molecule has 0 spiro atoms. The highest BCUT2D eigenvalue weighted by Crippen LogP contribution is 2.19. The Morgan fingerprint density at radius 3 is 2.88 bits per heavy atom. The molecule has 24 heavy (non-hydrogen) atoms. The number of amides is 1. The number of nitrogens with one attached hydrogen (secondary N) is 1. The Balaban J connectivity index is 1.68. The lowest BCUT2D eigenvalue weighted by Crippen LogP contribution is -2.37. The lowest BCUT2D eigenvalue weighted by molar-refractivity contribution is -0.116. The quantitative estimate of drug-likeness (QED) is 0.565. The van der Waals surface area contributed by atoms with E-state index in [9.17, 15) is 9.90 Å². The van der Waals surface area contributed by atoms with Gasteiger partial charge in [-0.2, -0.15) is 0 Å². The molecule has 0 radical (unpaired) electrons. The van der Waals surface area contributed by atoms with Gasteiger partial charge in [-0.25, -0.2) is 0 Å². The van der Waals surface area contributed by atoms with Crippen LogP contribution in [0.4, 0.5) is 0 Å². The third-order valence-corrected chi connectivity index (χ3v) is 4.14. The maximum atomic E-state index is 11.9. The summed E-state index contributed by atoms with van der Waals surface area (Å²) in [4.78, 5) is 14.2. The zero-order valence-corrected chi connectivity index (χ0v) is 14.4. The molecule has 2 rings (SSSR count). The molecule has 132 valence electrons. The number of nitrogens with zero attached hydrogens (tertiary/aromatic N) is 1. The average Bonchev–Trinajstić information content (AvgIpc) is 2.60. The summed E-state index contributed by atoms with van der Waals surface area (Å²) >= 11 is 0. The molecule has 5 heteroatoms. The lowest BCUT2D eigenvalue weighted by atomic mass is 10.1. The SMILES string of the molecule is CCOc1ccccc1/C=C/C(=O)NCCCN1CCC(O)CC1. The van der Waals surface area contributed by atoms with Crippen molar-refractivity contribution >= 4 is 12.0 Å². The first kappa shape index (κ1) is 18.5. The maximum Gasteiger partial charge on any atom is 0.244 e. The van der Waals surface area contributed by atoms with Crippen LogP contribution < -0.4 is 10.1 Å². The van der Waals surface area contributed by atoms with Crippen LogP contribution in [0.25, 0.3) is 6.08 Å². The number of aliphatic hydroxyl groups excluding tert-OH is 1. The van der Waals surface area contributed by atoms with Crippen molar-refractivity contribution in [3.05, 3.63) is 35.9 Å². The van der Waals surface area contributed by atoms with Crippen molar-refractivity contribution in [2.75, 3.05) is 32.8 Å². The molecule has 1 aromatic carbocycles. The van der Waals surface area contributed by atoms with Gasteiger partial charge in [-0.05, 0) is 44.9 Å². The van der Waals surface area contributed by atoms with E-state index in [0.717, 1.165) is 50.2 Å².